The Hall–Kier alpha value is -1.72. The Morgan fingerprint density at radius 1 is 1.47 bits per heavy atom. The summed E-state index contributed by atoms with van der Waals surface area (Å²) in [5, 5.41) is 16.7. The summed E-state index contributed by atoms with van der Waals surface area (Å²) in [6, 6.07) is 4.35. The van der Waals surface area contributed by atoms with Crippen LogP contribution in [0.15, 0.2) is 6.07 Å². The summed E-state index contributed by atoms with van der Waals surface area (Å²) in [4.78, 5) is 3.66. The van der Waals surface area contributed by atoms with Crippen molar-refractivity contribution >= 4 is 11.6 Å². The van der Waals surface area contributed by atoms with E-state index in [-0.39, 0.29) is 22.8 Å². The number of pyridine rings is 1. The maximum atomic E-state index is 12.5. The van der Waals surface area contributed by atoms with Gasteiger partial charge in [-0.25, -0.2) is 13.8 Å². The van der Waals surface area contributed by atoms with E-state index in [1.54, 1.807) is 12.1 Å². The van der Waals surface area contributed by atoms with Gasteiger partial charge in [0.2, 0.25) is 0 Å². The lowest BCUT2D eigenvalue weighted by Crippen LogP contribution is -1.98. The van der Waals surface area contributed by atoms with E-state index in [4.69, 9.17) is 22.1 Å². The second kappa shape index (κ2) is 4.68. The van der Waals surface area contributed by atoms with E-state index in [1.165, 1.54) is 0 Å². The summed E-state index contributed by atoms with van der Waals surface area (Å²) in [7, 11) is 0. The molecule has 0 aliphatic carbocycles. The molecule has 0 unspecified atom stereocenters. The van der Waals surface area contributed by atoms with E-state index >= 15 is 0 Å². The van der Waals surface area contributed by atoms with E-state index in [0.29, 0.717) is 0 Å². The van der Waals surface area contributed by atoms with Crippen molar-refractivity contribution in [3.05, 3.63) is 28.0 Å². The minimum atomic E-state index is -2.81. The Balaban J connectivity index is 3.35. The van der Waals surface area contributed by atoms with Crippen LogP contribution >= 0.6 is 11.6 Å². The molecule has 1 heterocycles. The van der Waals surface area contributed by atoms with E-state index < -0.39 is 12.0 Å². The molecular formula is C9H4ClF2N3. The normalized spacial score (nSPS) is 9.73. The molecule has 0 amide bonds. The molecule has 0 N–H and O–H groups in total. The molecule has 0 atom stereocenters. The standard InChI is InChI=1S/C9H4ClF2N3/c10-8-7(4-14)6(9(11)12)3-5(15-8)1-2-13/h3,9H,1H2. The lowest BCUT2D eigenvalue weighted by atomic mass is 10.1. The fourth-order valence-electron chi connectivity index (χ4n) is 1.04. The first-order valence-electron chi connectivity index (χ1n) is 3.84. The lowest BCUT2D eigenvalue weighted by molar-refractivity contribution is 0.151. The molecule has 0 spiro atoms. The third-order valence-corrected chi connectivity index (χ3v) is 1.94. The molecule has 1 aromatic rings. The Labute approximate surface area is 89.5 Å². The molecule has 1 rings (SSSR count). The summed E-state index contributed by atoms with van der Waals surface area (Å²) in [5.74, 6) is 0. The Bertz CT molecular complexity index is 460. The first-order valence-corrected chi connectivity index (χ1v) is 4.22. The Morgan fingerprint density at radius 2 is 2.13 bits per heavy atom. The van der Waals surface area contributed by atoms with Crippen molar-refractivity contribution in [3.63, 3.8) is 0 Å². The van der Waals surface area contributed by atoms with Gasteiger partial charge in [-0.15, -0.1) is 0 Å². The molecule has 0 aliphatic rings. The van der Waals surface area contributed by atoms with Gasteiger partial charge in [-0.1, -0.05) is 11.6 Å². The van der Waals surface area contributed by atoms with Crippen LogP contribution in [0.4, 0.5) is 8.78 Å². The molecule has 3 nitrogen and oxygen atoms in total. The van der Waals surface area contributed by atoms with E-state index in [0.717, 1.165) is 6.07 Å². The number of nitriles is 2. The predicted octanol–water partition coefficient (Wildman–Crippen LogP) is 2.61. The molecule has 6 heteroatoms. The number of nitrogens with zero attached hydrogens (tertiary/aromatic N) is 3. The third-order valence-electron chi connectivity index (χ3n) is 1.67. The van der Waals surface area contributed by atoms with Gasteiger partial charge in [-0.05, 0) is 6.07 Å². The summed E-state index contributed by atoms with van der Waals surface area (Å²) >= 11 is 5.54. The number of hydrogen-bond donors (Lipinski definition) is 0. The van der Waals surface area contributed by atoms with Gasteiger partial charge in [0.1, 0.15) is 11.2 Å². The predicted molar refractivity (Wildman–Crippen MR) is 48.2 cm³/mol. The van der Waals surface area contributed by atoms with Crippen LogP contribution in [0.2, 0.25) is 5.15 Å². The van der Waals surface area contributed by atoms with Crippen LogP contribution in [0.25, 0.3) is 0 Å². The average molecular weight is 228 g/mol. The van der Waals surface area contributed by atoms with Crippen molar-refractivity contribution in [2.45, 2.75) is 12.8 Å². The van der Waals surface area contributed by atoms with Crippen molar-refractivity contribution in [2.75, 3.05) is 0 Å². The Kier molecular flexibility index (Phi) is 3.54. The highest BCUT2D eigenvalue weighted by Crippen LogP contribution is 2.27. The van der Waals surface area contributed by atoms with Crippen molar-refractivity contribution in [3.8, 4) is 12.1 Å². The molecule has 0 saturated heterocycles. The van der Waals surface area contributed by atoms with Crippen molar-refractivity contribution in [2.24, 2.45) is 0 Å². The highest BCUT2D eigenvalue weighted by atomic mass is 35.5. The van der Waals surface area contributed by atoms with Crippen LogP contribution in [0.5, 0.6) is 0 Å². The van der Waals surface area contributed by atoms with Crippen LogP contribution in [0.1, 0.15) is 23.2 Å². The molecule has 0 aliphatic heterocycles. The van der Waals surface area contributed by atoms with Gasteiger partial charge in [0.25, 0.3) is 6.43 Å². The van der Waals surface area contributed by atoms with Gasteiger partial charge in [-0.2, -0.15) is 10.5 Å². The molecule has 0 aromatic carbocycles. The number of alkyl halides is 2. The molecule has 0 fully saturated rings. The van der Waals surface area contributed by atoms with Crippen LogP contribution in [0.3, 0.4) is 0 Å². The van der Waals surface area contributed by atoms with Crippen LogP contribution in [-0.2, 0) is 6.42 Å². The fourth-order valence-corrected chi connectivity index (χ4v) is 1.30. The van der Waals surface area contributed by atoms with Gasteiger partial charge >= 0.3 is 0 Å². The second-order valence-corrected chi connectivity index (χ2v) is 2.97. The SMILES string of the molecule is N#CCc1cc(C(F)F)c(C#N)c(Cl)n1. The summed E-state index contributed by atoms with van der Waals surface area (Å²) in [5.41, 5.74) is -0.687. The quantitative estimate of drug-likeness (QED) is 0.730. The molecule has 15 heavy (non-hydrogen) atoms. The number of rotatable bonds is 2. The molecule has 0 radical (unpaired) electrons. The maximum absolute atomic E-state index is 12.5. The number of hydrogen-bond acceptors (Lipinski definition) is 3. The molecule has 76 valence electrons. The molecule has 0 bridgehead atoms. The van der Waals surface area contributed by atoms with E-state index in [2.05, 4.69) is 4.98 Å². The van der Waals surface area contributed by atoms with Gasteiger partial charge in [0, 0.05) is 5.56 Å². The minimum Gasteiger partial charge on any atom is -0.239 e. The highest BCUT2D eigenvalue weighted by Gasteiger charge is 2.18. The lowest BCUT2D eigenvalue weighted by Gasteiger charge is -2.05. The summed E-state index contributed by atoms with van der Waals surface area (Å²) in [6.45, 7) is 0. The van der Waals surface area contributed by atoms with E-state index in [9.17, 15) is 8.78 Å². The second-order valence-electron chi connectivity index (χ2n) is 2.62. The zero-order valence-electron chi connectivity index (χ0n) is 7.34. The number of halogens is 3. The zero-order chi connectivity index (χ0) is 11.4. The average Bonchev–Trinajstić information content (AvgIpc) is 2.17. The van der Waals surface area contributed by atoms with Gasteiger partial charge in [0.05, 0.1) is 23.7 Å². The highest BCUT2D eigenvalue weighted by molar-refractivity contribution is 6.30. The molecular weight excluding hydrogens is 224 g/mol. The van der Waals surface area contributed by atoms with Crippen molar-refractivity contribution in [1.82, 2.24) is 4.98 Å². The summed E-state index contributed by atoms with van der Waals surface area (Å²) in [6.07, 6.45) is -2.93. The van der Waals surface area contributed by atoms with Crippen molar-refractivity contribution < 1.29 is 8.78 Å². The fraction of sp³-hybridized carbons (Fsp3) is 0.222. The first kappa shape index (κ1) is 11.4. The number of aromatic nitrogens is 1. The van der Waals surface area contributed by atoms with E-state index in [1.807, 2.05) is 0 Å². The Morgan fingerprint density at radius 3 is 2.60 bits per heavy atom. The van der Waals surface area contributed by atoms with Gasteiger partial charge in [0.15, 0.2) is 0 Å². The zero-order valence-corrected chi connectivity index (χ0v) is 8.09. The summed E-state index contributed by atoms with van der Waals surface area (Å²) < 4.78 is 25.0. The first-order chi connectivity index (χ1) is 7.10. The van der Waals surface area contributed by atoms with Crippen LogP contribution < -0.4 is 0 Å². The van der Waals surface area contributed by atoms with Crippen molar-refractivity contribution in [1.29, 1.82) is 10.5 Å². The third kappa shape index (κ3) is 2.39. The smallest absolute Gasteiger partial charge is 0.239 e. The minimum absolute atomic E-state index is 0.120. The van der Waals surface area contributed by atoms with Gasteiger partial charge in [-0.3, -0.25) is 0 Å². The monoisotopic (exact) mass is 227 g/mol. The van der Waals surface area contributed by atoms with Gasteiger partial charge < -0.3 is 0 Å². The maximum Gasteiger partial charge on any atom is 0.265 e. The largest absolute Gasteiger partial charge is 0.265 e. The topological polar surface area (TPSA) is 60.5 Å². The molecule has 1 aromatic heterocycles. The van der Waals surface area contributed by atoms with Crippen LogP contribution in [-0.4, -0.2) is 4.98 Å². The molecule has 0 saturated carbocycles. The van der Waals surface area contributed by atoms with Crippen LogP contribution in [0, 0.1) is 22.7 Å².